The maximum Gasteiger partial charge on any atom is 0.178 e. The SMILES string of the molecule is O=C1C=CC(=O)C=C1.c1ncc2cc3ncncc3cc2n1. The number of hydrogen-bond donors (Lipinski definition) is 0. The molecule has 0 bridgehead atoms. The molecule has 6 nitrogen and oxygen atoms in total. The highest BCUT2D eigenvalue weighted by Crippen LogP contribution is 2.17. The number of benzene rings is 1. The van der Waals surface area contributed by atoms with Crippen molar-refractivity contribution >= 4 is 33.4 Å². The van der Waals surface area contributed by atoms with E-state index in [0.717, 1.165) is 21.8 Å². The number of aromatic nitrogens is 4. The van der Waals surface area contributed by atoms with Crippen molar-refractivity contribution in [3.63, 3.8) is 0 Å². The molecular weight excluding hydrogens is 280 g/mol. The van der Waals surface area contributed by atoms with Gasteiger partial charge in [-0.2, -0.15) is 0 Å². The van der Waals surface area contributed by atoms with Gasteiger partial charge in [0.15, 0.2) is 11.6 Å². The Balaban J connectivity index is 0.000000154. The molecule has 106 valence electrons. The zero-order chi connectivity index (χ0) is 15.4. The molecule has 0 spiro atoms. The fraction of sp³-hybridized carbons (Fsp3) is 0. The van der Waals surface area contributed by atoms with Gasteiger partial charge in [0, 0.05) is 23.2 Å². The molecule has 22 heavy (non-hydrogen) atoms. The molecular formula is C16H10N4O2. The van der Waals surface area contributed by atoms with Crippen LogP contribution in [0.4, 0.5) is 0 Å². The molecule has 0 atom stereocenters. The summed E-state index contributed by atoms with van der Waals surface area (Å²) < 4.78 is 0. The van der Waals surface area contributed by atoms with Crippen molar-refractivity contribution in [1.29, 1.82) is 0 Å². The predicted molar refractivity (Wildman–Crippen MR) is 80.9 cm³/mol. The third-order valence-electron chi connectivity index (χ3n) is 2.95. The van der Waals surface area contributed by atoms with Crippen molar-refractivity contribution in [2.45, 2.75) is 0 Å². The Hall–Kier alpha value is -3.28. The van der Waals surface area contributed by atoms with Gasteiger partial charge in [0.1, 0.15) is 12.7 Å². The smallest absolute Gasteiger partial charge is 0.178 e. The van der Waals surface area contributed by atoms with E-state index in [0.29, 0.717) is 0 Å². The van der Waals surface area contributed by atoms with Gasteiger partial charge in [-0.3, -0.25) is 9.59 Å². The lowest BCUT2D eigenvalue weighted by molar-refractivity contribution is -0.113. The minimum atomic E-state index is -0.121. The molecule has 4 rings (SSSR count). The molecule has 0 N–H and O–H groups in total. The van der Waals surface area contributed by atoms with E-state index in [1.165, 1.54) is 37.0 Å². The van der Waals surface area contributed by atoms with Crippen LogP contribution in [0, 0.1) is 0 Å². The standard InChI is InChI=1S/C10H6N4.C6H4O2/c1-7-3-11-6-14-10(7)2-8-4-12-5-13-9(1)8;7-5-1-2-6(8)4-3-5/h1-6H;1-4H. The van der Waals surface area contributed by atoms with Crippen molar-refractivity contribution in [1.82, 2.24) is 19.9 Å². The number of rotatable bonds is 0. The maximum absolute atomic E-state index is 10.3. The molecule has 0 saturated carbocycles. The van der Waals surface area contributed by atoms with Crippen LogP contribution in [-0.4, -0.2) is 31.5 Å². The number of allylic oxidation sites excluding steroid dienone is 4. The van der Waals surface area contributed by atoms with E-state index in [2.05, 4.69) is 19.9 Å². The first-order chi connectivity index (χ1) is 10.7. The molecule has 2 heterocycles. The van der Waals surface area contributed by atoms with Crippen LogP contribution in [0.5, 0.6) is 0 Å². The summed E-state index contributed by atoms with van der Waals surface area (Å²) in [6.45, 7) is 0. The van der Waals surface area contributed by atoms with Crippen LogP contribution in [0.25, 0.3) is 21.8 Å². The monoisotopic (exact) mass is 290 g/mol. The van der Waals surface area contributed by atoms with Gasteiger partial charge in [0.2, 0.25) is 0 Å². The first-order valence-electron chi connectivity index (χ1n) is 6.46. The number of hydrogen-bond acceptors (Lipinski definition) is 6. The normalized spacial score (nSPS) is 13.3. The lowest BCUT2D eigenvalue weighted by Gasteiger charge is -1.98. The summed E-state index contributed by atoms with van der Waals surface area (Å²) in [7, 11) is 0. The Morgan fingerprint density at radius 2 is 1.05 bits per heavy atom. The van der Waals surface area contributed by atoms with E-state index < -0.39 is 0 Å². The highest BCUT2D eigenvalue weighted by molar-refractivity contribution is 6.14. The highest BCUT2D eigenvalue weighted by Gasteiger charge is 1.99. The van der Waals surface area contributed by atoms with Gasteiger partial charge in [0.05, 0.1) is 11.0 Å². The third kappa shape index (κ3) is 3.06. The number of nitrogens with zero attached hydrogens (tertiary/aromatic N) is 4. The van der Waals surface area contributed by atoms with Crippen LogP contribution in [0.15, 0.2) is 61.5 Å². The van der Waals surface area contributed by atoms with Gasteiger partial charge in [-0.1, -0.05) is 0 Å². The van der Waals surface area contributed by atoms with Crippen molar-refractivity contribution in [2.24, 2.45) is 0 Å². The lowest BCUT2D eigenvalue weighted by Crippen LogP contribution is -1.97. The Bertz CT molecular complexity index is 788. The Kier molecular flexibility index (Phi) is 3.74. The van der Waals surface area contributed by atoms with E-state index in [-0.39, 0.29) is 11.6 Å². The molecule has 0 saturated heterocycles. The second kappa shape index (κ2) is 6.01. The fourth-order valence-corrected chi connectivity index (χ4v) is 1.90. The van der Waals surface area contributed by atoms with Crippen molar-refractivity contribution in [3.05, 3.63) is 61.5 Å². The minimum Gasteiger partial charge on any atom is -0.290 e. The summed E-state index contributed by atoms with van der Waals surface area (Å²) in [6.07, 6.45) is 11.7. The molecule has 0 unspecified atom stereocenters. The molecule has 1 aromatic carbocycles. The van der Waals surface area contributed by atoms with Gasteiger partial charge < -0.3 is 0 Å². The van der Waals surface area contributed by atoms with Crippen LogP contribution in [0.2, 0.25) is 0 Å². The summed E-state index contributed by atoms with van der Waals surface area (Å²) in [6, 6.07) is 3.93. The first kappa shape index (κ1) is 13.7. The summed E-state index contributed by atoms with van der Waals surface area (Å²) in [5, 5.41) is 2.00. The van der Waals surface area contributed by atoms with Gasteiger partial charge in [-0.25, -0.2) is 19.9 Å². The molecule has 3 aromatic rings. The second-order valence-corrected chi connectivity index (χ2v) is 4.49. The molecule has 2 aromatic heterocycles. The van der Waals surface area contributed by atoms with Gasteiger partial charge in [-0.15, -0.1) is 0 Å². The summed E-state index contributed by atoms with van der Waals surface area (Å²) in [5.41, 5.74) is 1.84. The lowest BCUT2D eigenvalue weighted by atomic mass is 10.2. The number of ketones is 2. The Labute approximate surface area is 125 Å². The summed E-state index contributed by atoms with van der Waals surface area (Å²) >= 11 is 0. The Morgan fingerprint density at radius 3 is 1.45 bits per heavy atom. The molecule has 1 aliphatic carbocycles. The fourth-order valence-electron chi connectivity index (χ4n) is 1.90. The van der Waals surface area contributed by atoms with Crippen LogP contribution in [-0.2, 0) is 9.59 Å². The minimum absolute atomic E-state index is 0.121. The van der Waals surface area contributed by atoms with E-state index >= 15 is 0 Å². The largest absolute Gasteiger partial charge is 0.290 e. The summed E-state index contributed by atoms with van der Waals surface area (Å²) in [4.78, 5) is 36.8. The van der Waals surface area contributed by atoms with E-state index in [4.69, 9.17) is 0 Å². The van der Waals surface area contributed by atoms with E-state index in [1.54, 1.807) is 12.4 Å². The quantitative estimate of drug-likeness (QED) is 0.464. The molecule has 0 fully saturated rings. The van der Waals surface area contributed by atoms with E-state index in [9.17, 15) is 9.59 Å². The van der Waals surface area contributed by atoms with Crippen molar-refractivity contribution in [3.8, 4) is 0 Å². The van der Waals surface area contributed by atoms with Crippen LogP contribution < -0.4 is 0 Å². The zero-order valence-corrected chi connectivity index (χ0v) is 11.4. The molecule has 6 heteroatoms. The van der Waals surface area contributed by atoms with Gasteiger partial charge >= 0.3 is 0 Å². The zero-order valence-electron chi connectivity index (χ0n) is 11.4. The third-order valence-corrected chi connectivity index (χ3v) is 2.95. The second-order valence-electron chi connectivity index (χ2n) is 4.49. The maximum atomic E-state index is 10.3. The van der Waals surface area contributed by atoms with Crippen LogP contribution in [0.1, 0.15) is 0 Å². The average molecular weight is 290 g/mol. The summed E-state index contributed by atoms with van der Waals surface area (Å²) in [5.74, 6) is -0.241. The average Bonchev–Trinajstić information content (AvgIpc) is 2.56. The predicted octanol–water partition coefficient (Wildman–Crippen LogP) is 1.82. The number of fused-ring (bicyclic) bond motifs is 2. The molecule has 1 aliphatic rings. The number of carbonyl (C=O) groups excluding carboxylic acids is 2. The van der Waals surface area contributed by atoms with Gasteiger partial charge in [0.25, 0.3) is 0 Å². The number of carbonyl (C=O) groups is 2. The van der Waals surface area contributed by atoms with E-state index in [1.807, 2.05) is 12.1 Å². The van der Waals surface area contributed by atoms with Gasteiger partial charge in [-0.05, 0) is 36.4 Å². The first-order valence-corrected chi connectivity index (χ1v) is 6.46. The van der Waals surface area contributed by atoms with Crippen molar-refractivity contribution in [2.75, 3.05) is 0 Å². The highest BCUT2D eigenvalue weighted by atomic mass is 16.1. The molecule has 0 amide bonds. The molecule has 0 radical (unpaired) electrons. The molecule has 0 aliphatic heterocycles. The van der Waals surface area contributed by atoms with Crippen LogP contribution >= 0.6 is 0 Å². The Morgan fingerprint density at radius 1 is 0.636 bits per heavy atom. The van der Waals surface area contributed by atoms with Crippen molar-refractivity contribution < 1.29 is 9.59 Å². The van der Waals surface area contributed by atoms with Crippen LogP contribution in [0.3, 0.4) is 0 Å². The topological polar surface area (TPSA) is 85.7 Å².